The normalized spacial score (nSPS) is 25.2. The molecule has 120 valence electrons. The molecule has 2 rings (SSSR count). The Kier molecular flexibility index (Phi) is 7.59. The molecule has 3 N–H and O–H groups in total. The number of thiazole rings is 1. The highest BCUT2D eigenvalue weighted by Gasteiger charge is 2.31. The Morgan fingerprint density at radius 2 is 2.33 bits per heavy atom. The number of halogens is 1. The van der Waals surface area contributed by atoms with E-state index in [1.54, 1.807) is 18.4 Å². The third-order valence-electron chi connectivity index (χ3n) is 3.89. The maximum atomic E-state index is 12.2. The highest BCUT2D eigenvalue weighted by molar-refractivity contribution is 7.09. The monoisotopic (exact) mass is 333 g/mol. The van der Waals surface area contributed by atoms with Crippen molar-refractivity contribution in [1.82, 2.24) is 10.3 Å². The number of amides is 1. The molecule has 0 aromatic carbocycles. The lowest BCUT2D eigenvalue weighted by molar-refractivity contribution is -0.128. The molecular formula is C14H24ClN3O2S. The minimum Gasteiger partial charge on any atom is -0.380 e. The van der Waals surface area contributed by atoms with Crippen molar-refractivity contribution in [3.63, 3.8) is 0 Å². The van der Waals surface area contributed by atoms with E-state index in [-0.39, 0.29) is 36.4 Å². The first kappa shape index (κ1) is 18.4. The number of hydrogen-bond acceptors (Lipinski definition) is 5. The summed E-state index contributed by atoms with van der Waals surface area (Å²) in [5, 5.41) is 5.99. The van der Waals surface area contributed by atoms with Crippen LogP contribution in [-0.4, -0.2) is 30.1 Å². The van der Waals surface area contributed by atoms with Crippen molar-refractivity contribution < 1.29 is 9.53 Å². The van der Waals surface area contributed by atoms with Crippen LogP contribution in [0.2, 0.25) is 0 Å². The first-order valence-electron chi connectivity index (χ1n) is 7.13. The van der Waals surface area contributed by atoms with Gasteiger partial charge in [-0.25, -0.2) is 4.98 Å². The van der Waals surface area contributed by atoms with Crippen LogP contribution in [0.4, 0.5) is 0 Å². The molecule has 1 aliphatic carbocycles. The van der Waals surface area contributed by atoms with Crippen molar-refractivity contribution in [2.45, 2.75) is 51.3 Å². The number of aryl methyl sites for hydroxylation is 1. The lowest BCUT2D eigenvalue weighted by Gasteiger charge is -2.32. The van der Waals surface area contributed by atoms with Gasteiger partial charge in [-0.15, -0.1) is 23.7 Å². The fourth-order valence-electron chi connectivity index (χ4n) is 2.56. The number of carbonyl (C=O) groups excluding carboxylic acids is 1. The van der Waals surface area contributed by atoms with Crippen LogP contribution in [-0.2, 0) is 22.5 Å². The zero-order valence-corrected chi connectivity index (χ0v) is 14.1. The van der Waals surface area contributed by atoms with Crippen LogP contribution in [0.5, 0.6) is 0 Å². The van der Waals surface area contributed by atoms with Gasteiger partial charge in [0.2, 0.25) is 5.91 Å². The van der Waals surface area contributed by atoms with E-state index in [0.29, 0.717) is 13.0 Å². The van der Waals surface area contributed by atoms with E-state index < -0.39 is 0 Å². The highest BCUT2D eigenvalue weighted by Crippen LogP contribution is 2.25. The molecule has 1 fully saturated rings. The average Bonchev–Trinajstić information content (AvgIpc) is 2.93. The predicted molar refractivity (Wildman–Crippen MR) is 86.7 cm³/mol. The second-order valence-corrected chi connectivity index (χ2v) is 6.19. The Labute approximate surface area is 136 Å². The first-order valence-corrected chi connectivity index (χ1v) is 8.01. The van der Waals surface area contributed by atoms with Crippen molar-refractivity contribution in [1.29, 1.82) is 0 Å². The highest BCUT2D eigenvalue weighted by atomic mass is 35.5. The third-order valence-corrected chi connectivity index (χ3v) is 4.79. The van der Waals surface area contributed by atoms with Crippen LogP contribution >= 0.6 is 23.7 Å². The van der Waals surface area contributed by atoms with Crippen molar-refractivity contribution in [2.75, 3.05) is 7.11 Å². The molecule has 1 aliphatic rings. The minimum absolute atomic E-state index is 0. The molecule has 0 unspecified atom stereocenters. The van der Waals surface area contributed by atoms with Gasteiger partial charge in [0.05, 0.1) is 18.3 Å². The summed E-state index contributed by atoms with van der Waals surface area (Å²) in [5.74, 6) is 0.0950. The lowest BCUT2D eigenvalue weighted by Crippen LogP contribution is -2.45. The molecule has 1 amide bonds. The van der Waals surface area contributed by atoms with Gasteiger partial charge in [0.15, 0.2) is 0 Å². The summed E-state index contributed by atoms with van der Waals surface area (Å²) in [6.45, 7) is 2.59. The summed E-state index contributed by atoms with van der Waals surface area (Å²) in [6, 6.07) is 0.0510. The second kappa shape index (κ2) is 8.68. The summed E-state index contributed by atoms with van der Waals surface area (Å²) >= 11 is 1.60. The number of aromatic nitrogens is 1. The standard InChI is InChI=1S/C14H23N3O2S.ClH/c1-3-10-8-20-13(17-10)7-16-14(18)9-4-5-11(15)12(6-9)19-2;/h8-9,11-12H,3-7,15H2,1-2H3,(H,16,18);1H/t9-,11-,12-;/m0./s1. The molecule has 3 atom stereocenters. The van der Waals surface area contributed by atoms with Crippen LogP contribution < -0.4 is 11.1 Å². The predicted octanol–water partition coefficient (Wildman–Crippen LogP) is 1.89. The fourth-order valence-corrected chi connectivity index (χ4v) is 3.38. The molecule has 1 saturated carbocycles. The maximum absolute atomic E-state index is 12.2. The van der Waals surface area contributed by atoms with Crippen LogP contribution in [0.3, 0.4) is 0 Å². The molecular weight excluding hydrogens is 310 g/mol. The number of rotatable bonds is 5. The van der Waals surface area contributed by atoms with Crippen LogP contribution in [0, 0.1) is 5.92 Å². The van der Waals surface area contributed by atoms with Gasteiger partial charge in [-0.05, 0) is 25.7 Å². The smallest absolute Gasteiger partial charge is 0.223 e. The summed E-state index contributed by atoms with van der Waals surface area (Å²) in [7, 11) is 1.66. The molecule has 5 nitrogen and oxygen atoms in total. The number of nitrogens with one attached hydrogen (secondary N) is 1. The van der Waals surface area contributed by atoms with Crippen LogP contribution in [0.25, 0.3) is 0 Å². The lowest BCUT2D eigenvalue weighted by atomic mass is 9.83. The molecule has 0 radical (unpaired) electrons. The summed E-state index contributed by atoms with van der Waals surface area (Å²) in [4.78, 5) is 16.6. The van der Waals surface area contributed by atoms with E-state index >= 15 is 0 Å². The van der Waals surface area contributed by atoms with Crippen molar-refractivity contribution >= 4 is 29.7 Å². The van der Waals surface area contributed by atoms with E-state index in [9.17, 15) is 4.79 Å². The number of hydrogen-bond donors (Lipinski definition) is 2. The molecule has 0 saturated heterocycles. The Bertz CT molecular complexity index is 455. The Hall–Kier alpha value is -0.690. The Balaban J connectivity index is 0.00000220. The quantitative estimate of drug-likeness (QED) is 0.862. The molecule has 1 heterocycles. The number of carbonyl (C=O) groups is 1. The second-order valence-electron chi connectivity index (χ2n) is 5.25. The van der Waals surface area contributed by atoms with E-state index in [0.717, 1.165) is 30.0 Å². The van der Waals surface area contributed by atoms with E-state index in [1.807, 2.05) is 5.38 Å². The van der Waals surface area contributed by atoms with Crippen LogP contribution in [0.1, 0.15) is 36.9 Å². The average molecular weight is 334 g/mol. The summed E-state index contributed by atoms with van der Waals surface area (Å²) in [5.41, 5.74) is 7.06. The molecule has 1 aromatic rings. The number of ether oxygens (including phenoxy) is 1. The first-order chi connectivity index (χ1) is 9.63. The zero-order valence-electron chi connectivity index (χ0n) is 12.5. The van der Waals surface area contributed by atoms with Crippen LogP contribution in [0.15, 0.2) is 5.38 Å². The number of nitrogens with zero attached hydrogens (tertiary/aromatic N) is 1. The molecule has 0 bridgehead atoms. The topological polar surface area (TPSA) is 77.2 Å². The van der Waals surface area contributed by atoms with Gasteiger partial charge in [-0.2, -0.15) is 0 Å². The molecule has 0 aliphatic heterocycles. The van der Waals surface area contributed by atoms with E-state index in [1.165, 1.54) is 0 Å². The van der Waals surface area contributed by atoms with E-state index in [4.69, 9.17) is 10.5 Å². The maximum Gasteiger partial charge on any atom is 0.223 e. The van der Waals surface area contributed by atoms with Gasteiger partial charge < -0.3 is 15.8 Å². The summed E-state index contributed by atoms with van der Waals surface area (Å²) in [6.07, 6.45) is 3.31. The van der Waals surface area contributed by atoms with Gasteiger partial charge in [-0.1, -0.05) is 6.92 Å². The van der Waals surface area contributed by atoms with Crippen molar-refractivity contribution in [3.8, 4) is 0 Å². The molecule has 7 heteroatoms. The number of nitrogens with two attached hydrogens (primary N) is 1. The SMILES string of the molecule is CCc1csc(CNC(=O)[C@H]2CC[C@H](N)[C@@H](OC)C2)n1.Cl. The number of methoxy groups -OCH3 is 1. The van der Waals surface area contributed by atoms with Crippen molar-refractivity contribution in [3.05, 3.63) is 16.1 Å². The largest absolute Gasteiger partial charge is 0.380 e. The van der Waals surface area contributed by atoms with Gasteiger partial charge >= 0.3 is 0 Å². The Morgan fingerprint density at radius 3 is 2.95 bits per heavy atom. The Morgan fingerprint density at radius 1 is 1.57 bits per heavy atom. The third kappa shape index (κ3) is 4.92. The van der Waals surface area contributed by atoms with Crippen molar-refractivity contribution in [2.24, 2.45) is 11.7 Å². The van der Waals surface area contributed by atoms with Gasteiger partial charge in [0, 0.05) is 24.4 Å². The zero-order chi connectivity index (χ0) is 14.5. The molecule has 1 aromatic heterocycles. The minimum atomic E-state index is -0.00828. The van der Waals surface area contributed by atoms with Gasteiger partial charge in [0.25, 0.3) is 0 Å². The van der Waals surface area contributed by atoms with Gasteiger partial charge in [0.1, 0.15) is 5.01 Å². The molecule has 21 heavy (non-hydrogen) atoms. The fraction of sp³-hybridized carbons (Fsp3) is 0.714. The summed E-state index contributed by atoms with van der Waals surface area (Å²) < 4.78 is 5.35. The van der Waals surface area contributed by atoms with E-state index in [2.05, 4.69) is 17.2 Å². The molecule has 0 spiro atoms. The van der Waals surface area contributed by atoms with Gasteiger partial charge in [-0.3, -0.25) is 4.79 Å².